The Bertz CT molecular complexity index is 844. The van der Waals surface area contributed by atoms with Crippen LogP contribution in [0.15, 0.2) is 57.9 Å². The Labute approximate surface area is 113 Å². The van der Waals surface area contributed by atoms with Crippen molar-refractivity contribution in [2.75, 3.05) is 0 Å². The van der Waals surface area contributed by atoms with Crippen LogP contribution in [0.5, 0.6) is 0 Å². The molecule has 5 heteroatoms. The molecule has 2 aromatic heterocycles. The Morgan fingerprint density at radius 3 is 2.75 bits per heavy atom. The first kappa shape index (κ1) is 12.2. The molecule has 0 unspecified atom stereocenters. The predicted octanol–water partition coefficient (Wildman–Crippen LogP) is 2.34. The summed E-state index contributed by atoms with van der Waals surface area (Å²) >= 11 is 0. The van der Waals surface area contributed by atoms with Crippen LogP contribution in [0.3, 0.4) is 0 Å². The highest BCUT2D eigenvalue weighted by molar-refractivity contribution is 5.88. The molecule has 0 aliphatic rings. The van der Waals surface area contributed by atoms with Crippen molar-refractivity contribution in [1.82, 2.24) is 4.57 Å². The van der Waals surface area contributed by atoms with E-state index in [1.165, 1.54) is 23.0 Å². The highest BCUT2D eigenvalue weighted by Gasteiger charge is 2.15. The first-order valence-corrected chi connectivity index (χ1v) is 6.05. The van der Waals surface area contributed by atoms with Crippen LogP contribution in [0.2, 0.25) is 0 Å². The maximum absolute atomic E-state index is 12.0. The zero-order valence-corrected chi connectivity index (χ0v) is 10.4. The van der Waals surface area contributed by atoms with E-state index in [1.807, 2.05) is 24.3 Å². The molecule has 0 aliphatic carbocycles. The molecular formula is C15H11NO4. The van der Waals surface area contributed by atoms with Crippen molar-refractivity contribution in [2.24, 2.45) is 0 Å². The van der Waals surface area contributed by atoms with Gasteiger partial charge in [0.15, 0.2) is 0 Å². The third-order valence-corrected chi connectivity index (χ3v) is 3.18. The number of benzene rings is 1. The summed E-state index contributed by atoms with van der Waals surface area (Å²) in [4.78, 5) is 23.1. The summed E-state index contributed by atoms with van der Waals surface area (Å²) in [7, 11) is 0. The van der Waals surface area contributed by atoms with Gasteiger partial charge in [0, 0.05) is 6.07 Å². The fourth-order valence-electron chi connectivity index (χ4n) is 2.20. The Morgan fingerprint density at radius 2 is 1.95 bits per heavy atom. The minimum absolute atomic E-state index is 0.0739. The molecule has 0 spiro atoms. The van der Waals surface area contributed by atoms with Crippen LogP contribution in [-0.4, -0.2) is 15.6 Å². The van der Waals surface area contributed by atoms with Gasteiger partial charge >= 0.3 is 5.97 Å². The highest BCUT2D eigenvalue weighted by Crippen LogP contribution is 2.16. The molecule has 0 atom stereocenters. The summed E-state index contributed by atoms with van der Waals surface area (Å²) in [5.41, 5.74) is 0.619. The molecule has 0 radical (unpaired) electrons. The second-order valence-electron chi connectivity index (χ2n) is 4.38. The molecule has 0 fully saturated rings. The maximum atomic E-state index is 12.0. The van der Waals surface area contributed by atoms with Crippen molar-refractivity contribution in [3.63, 3.8) is 0 Å². The summed E-state index contributed by atoms with van der Waals surface area (Å²) < 4.78 is 6.69. The van der Waals surface area contributed by atoms with Crippen LogP contribution in [0.4, 0.5) is 0 Å². The number of carboxylic acids is 1. The number of hydrogen-bond donors (Lipinski definition) is 1. The van der Waals surface area contributed by atoms with Gasteiger partial charge in [-0.05, 0) is 23.6 Å². The van der Waals surface area contributed by atoms with E-state index in [9.17, 15) is 9.59 Å². The third-order valence-electron chi connectivity index (χ3n) is 3.18. The Balaban J connectivity index is 2.15. The van der Waals surface area contributed by atoms with Gasteiger partial charge in [-0.1, -0.05) is 18.2 Å². The Hall–Kier alpha value is -2.82. The smallest absolute Gasteiger partial charge is 0.339 e. The molecule has 1 N–H and O–H groups in total. The number of aromatic nitrogens is 1. The first-order valence-electron chi connectivity index (χ1n) is 6.05. The molecule has 5 nitrogen and oxygen atoms in total. The number of carboxylic acid groups (broad SMARTS) is 1. The Kier molecular flexibility index (Phi) is 2.87. The molecule has 0 bridgehead atoms. The van der Waals surface area contributed by atoms with E-state index < -0.39 is 5.97 Å². The first-order chi connectivity index (χ1) is 9.66. The quantitative estimate of drug-likeness (QED) is 0.792. The maximum Gasteiger partial charge on any atom is 0.339 e. The second-order valence-corrected chi connectivity index (χ2v) is 4.38. The van der Waals surface area contributed by atoms with Gasteiger partial charge in [-0.3, -0.25) is 4.79 Å². The standard InChI is InChI=1S/C15H11NO4/c17-14-6-5-10-3-1-2-4-12(10)16(14)9-13-11(15(18)19)7-8-20-13/h1-8H,9H2,(H,18,19). The van der Waals surface area contributed by atoms with Gasteiger partial charge in [0.2, 0.25) is 0 Å². The number of rotatable bonds is 3. The number of furan rings is 1. The van der Waals surface area contributed by atoms with Crippen molar-refractivity contribution >= 4 is 16.9 Å². The largest absolute Gasteiger partial charge is 0.478 e. The van der Waals surface area contributed by atoms with E-state index in [1.54, 1.807) is 6.07 Å². The van der Waals surface area contributed by atoms with E-state index in [0.717, 1.165) is 10.9 Å². The fraction of sp³-hybridized carbons (Fsp3) is 0.0667. The normalized spacial score (nSPS) is 10.8. The topological polar surface area (TPSA) is 72.4 Å². The lowest BCUT2D eigenvalue weighted by atomic mass is 10.2. The summed E-state index contributed by atoms with van der Waals surface area (Å²) in [5, 5.41) is 9.98. The summed E-state index contributed by atoms with van der Waals surface area (Å²) in [5.74, 6) is -0.807. The second kappa shape index (κ2) is 4.70. The van der Waals surface area contributed by atoms with E-state index in [0.29, 0.717) is 0 Å². The molecule has 0 saturated carbocycles. The van der Waals surface area contributed by atoms with Crippen molar-refractivity contribution in [3.8, 4) is 0 Å². The van der Waals surface area contributed by atoms with E-state index in [-0.39, 0.29) is 23.4 Å². The SMILES string of the molecule is O=C(O)c1ccoc1Cn1c(=O)ccc2ccccc21. The van der Waals surface area contributed by atoms with Crippen LogP contribution >= 0.6 is 0 Å². The fourth-order valence-corrected chi connectivity index (χ4v) is 2.20. The summed E-state index contributed by atoms with van der Waals surface area (Å²) in [6.45, 7) is 0.0921. The number of aromatic carboxylic acids is 1. The monoisotopic (exact) mass is 269 g/mol. The summed E-state index contributed by atoms with van der Waals surface area (Å²) in [6.07, 6.45) is 1.31. The zero-order chi connectivity index (χ0) is 14.1. The Morgan fingerprint density at radius 1 is 1.15 bits per heavy atom. The molecule has 1 aromatic carbocycles. The molecule has 100 valence electrons. The lowest BCUT2D eigenvalue weighted by Crippen LogP contribution is -2.20. The number of hydrogen-bond acceptors (Lipinski definition) is 3. The molecule has 0 aliphatic heterocycles. The molecule has 20 heavy (non-hydrogen) atoms. The molecule has 3 rings (SSSR count). The van der Waals surface area contributed by atoms with E-state index in [2.05, 4.69) is 0 Å². The molecule has 2 heterocycles. The van der Waals surface area contributed by atoms with Gasteiger partial charge in [-0.25, -0.2) is 4.79 Å². The van der Waals surface area contributed by atoms with Crippen molar-refractivity contribution in [2.45, 2.75) is 6.54 Å². The zero-order valence-electron chi connectivity index (χ0n) is 10.4. The van der Waals surface area contributed by atoms with Crippen LogP contribution in [0.25, 0.3) is 10.9 Å². The van der Waals surface area contributed by atoms with Crippen molar-refractivity contribution < 1.29 is 14.3 Å². The lowest BCUT2D eigenvalue weighted by molar-refractivity contribution is 0.0694. The molecule has 3 aromatic rings. The predicted molar refractivity (Wildman–Crippen MR) is 73.0 cm³/mol. The van der Waals surface area contributed by atoms with Gasteiger partial charge in [0.05, 0.1) is 18.3 Å². The number of pyridine rings is 1. The minimum Gasteiger partial charge on any atom is -0.478 e. The number of carbonyl (C=O) groups is 1. The number of para-hydroxylation sites is 1. The van der Waals surface area contributed by atoms with Crippen LogP contribution in [0, 0.1) is 0 Å². The van der Waals surface area contributed by atoms with E-state index in [4.69, 9.17) is 9.52 Å². The van der Waals surface area contributed by atoms with Gasteiger partial charge in [0.1, 0.15) is 11.3 Å². The summed E-state index contributed by atoms with van der Waals surface area (Å²) in [6, 6.07) is 12.0. The van der Waals surface area contributed by atoms with Crippen molar-refractivity contribution in [3.05, 3.63) is 70.4 Å². The van der Waals surface area contributed by atoms with Gasteiger partial charge in [0.25, 0.3) is 5.56 Å². The van der Waals surface area contributed by atoms with Crippen LogP contribution in [0.1, 0.15) is 16.1 Å². The third kappa shape index (κ3) is 1.99. The van der Waals surface area contributed by atoms with Gasteiger partial charge < -0.3 is 14.1 Å². The van der Waals surface area contributed by atoms with Crippen molar-refractivity contribution in [1.29, 1.82) is 0 Å². The van der Waals surface area contributed by atoms with E-state index >= 15 is 0 Å². The van der Waals surface area contributed by atoms with Crippen LogP contribution < -0.4 is 5.56 Å². The van der Waals surface area contributed by atoms with Gasteiger partial charge in [-0.2, -0.15) is 0 Å². The minimum atomic E-state index is -1.07. The number of nitrogens with zero attached hydrogens (tertiary/aromatic N) is 1. The highest BCUT2D eigenvalue weighted by atomic mass is 16.4. The average Bonchev–Trinajstić information content (AvgIpc) is 2.90. The molecule has 0 amide bonds. The van der Waals surface area contributed by atoms with Crippen LogP contribution in [-0.2, 0) is 6.54 Å². The molecular weight excluding hydrogens is 258 g/mol. The number of fused-ring (bicyclic) bond motifs is 1. The average molecular weight is 269 g/mol. The van der Waals surface area contributed by atoms with Gasteiger partial charge in [-0.15, -0.1) is 0 Å². The molecule has 0 saturated heterocycles. The lowest BCUT2D eigenvalue weighted by Gasteiger charge is -2.08.